The lowest BCUT2D eigenvalue weighted by molar-refractivity contribution is -0.00328. The van der Waals surface area contributed by atoms with Crippen LogP contribution in [0.1, 0.15) is 30.0 Å². The fourth-order valence-corrected chi connectivity index (χ4v) is 2.49. The van der Waals surface area contributed by atoms with Gasteiger partial charge < -0.3 is 9.84 Å². The Kier molecular flexibility index (Phi) is 4.94. The summed E-state index contributed by atoms with van der Waals surface area (Å²) < 4.78 is 5.24. The van der Waals surface area contributed by atoms with E-state index in [1.807, 2.05) is 42.5 Å². The van der Waals surface area contributed by atoms with Crippen LogP contribution in [0.2, 0.25) is 0 Å². The van der Waals surface area contributed by atoms with Crippen LogP contribution in [0.3, 0.4) is 0 Å². The third kappa shape index (κ3) is 3.09. The second kappa shape index (κ2) is 6.69. The first kappa shape index (κ1) is 14.8. The number of benzene rings is 2. The van der Waals surface area contributed by atoms with Gasteiger partial charge in [-0.15, -0.1) is 0 Å². The number of hydrogen-bond acceptors (Lipinski definition) is 2. The molecule has 1 atom stereocenters. The molecule has 0 saturated heterocycles. The predicted octanol–water partition coefficient (Wildman–Crippen LogP) is 3.52. The Bertz CT molecular complexity index is 519. The van der Waals surface area contributed by atoms with Gasteiger partial charge in [0.15, 0.2) is 0 Å². The maximum atomic E-state index is 11.0. The Labute approximate surface area is 121 Å². The molecule has 0 aliphatic carbocycles. The zero-order valence-corrected chi connectivity index (χ0v) is 12.2. The zero-order valence-electron chi connectivity index (χ0n) is 12.2. The molecule has 0 bridgehead atoms. The highest BCUT2D eigenvalue weighted by Crippen LogP contribution is 2.30. The SMILES string of the molecule is CCCc1ccc(C(O)(COC)c2ccccc2)cc1. The molecule has 2 rings (SSSR count). The molecule has 2 nitrogen and oxygen atoms in total. The Morgan fingerprint density at radius 1 is 0.950 bits per heavy atom. The summed E-state index contributed by atoms with van der Waals surface area (Å²) >= 11 is 0. The van der Waals surface area contributed by atoms with Crippen LogP contribution in [-0.2, 0) is 16.8 Å². The Hall–Kier alpha value is -1.64. The van der Waals surface area contributed by atoms with Crippen LogP contribution in [0.25, 0.3) is 0 Å². The smallest absolute Gasteiger partial charge is 0.138 e. The lowest BCUT2D eigenvalue weighted by atomic mass is 9.86. The average Bonchev–Trinajstić information content (AvgIpc) is 2.49. The molecule has 2 aromatic carbocycles. The van der Waals surface area contributed by atoms with E-state index in [4.69, 9.17) is 4.74 Å². The molecular formula is C18H22O2. The minimum atomic E-state index is -1.10. The van der Waals surface area contributed by atoms with Crippen molar-refractivity contribution in [3.63, 3.8) is 0 Å². The molecule has 106 valence electrons. The van der Waals surface area contributed by atoms with Crippen LogP contribution in [0.4, 0.5) is 0 Å². The van der Waals surface area contributed by atoms with E-state index in [1.54, 1.807) is 7.11 Å². The fraction of sp³-hybridized carbons (Fsp3) is 0.333. The highest BCUT2D eigenvalue weighted by Gasteiger charge is 2.31. The van der Waals surface area contributed by atoms with Crippen LogP contribution in [-0.4, -0.2) is 18.8 Å². The van der Waals surface area contributed by atoms with Gasteiger partial charge >= 0.3 is 0 Å². The van der Waals surface area contributed by atoms with Crippen molar-refractivity contribution in [3.05, 3.63) is 71.3 Å². The number of aliphatic hydroxyl groups is 1. The summed E-state index contributed by atoms with van der Waals surface area (Å²) in [6.45, 7) is 2.41. The molecule has 1 N–H and O–H groups in total. The summed E-state index contributed by atoms with van der Waals surface area (Å²) in [5.74, 6) is 0. The van der Waals surface area contributed by atoms with Crippen molar-refractivity contribution >= 4 is 0 Å². The van der Waals surface area contributed by atoms with Gasteiger partial charge in [-0.05, 0) is 23.1 Å². The molecule has 0 radical (unpaired) electrons. The summed E-state index contributed by atoms with van der Waals surface area (Å²) in [6, 6.07) is 17.8. The lowest BCUT2D eigenvalue weighted by Gasteiger charge is -2.28. The van der Waals surface area contributed by atoms with E-state index in [9.17, 15) is 5.11 Å². The average molecular weight is 270 g/mol. The van der Waals surface area contributed by atoms with Crippen molar-refractivity contribution < 1.29 is 9.84 Å². The van der Waals surface area contributed by atoms with E-state index in [0.717, 1.165) is 24.0 Å². The van der Waals surface area contributed by atoms with Gasteiger partial charge in [-0.1, -0.05) is 67.9 Å². The summed E-state index contributed by atoms with van der Waals surface area (Å²) in [4.78, 5) is 0. The minimum absolute atomic E-state index is 0.240. The Balaban J connectivity index is 2.37. The largest absolute Gasteiger partial charge is 0.381 e. The summed E-state index contributed by atoms with van der Waals surface area (Å²) in [5.41, 5.74) is 1.92. The monoisotopic (exact) mass is 270 g/mol. The quantitative estimate of drug-likeness (QED) is 0.870. The molecule has 2 heteroatoms. The molecule has 0 heterocycles. The van der Waals surface area contributed by atoms with Gasteiger partial charge in [0.2, 0.25) is 0 Å². The van der Waals surface area contributed by atoms with E-state index in [-0.39, 0.29) is 6.61 Å². The van der Waals surface area contributed by atoms with Crippen LogP contribution in [0.5, 0.6) is 0 Å². The molecule has 20 heavy (non-hydrogen) atoms. The first-order valence-electron chi connectivity index (χ1n) is 7.07. The maximum absolute atomic E-state index is 11.0. The molecule has 0 aliphatic rings. The lowest BCUT2D eigenvalue weighted by Crippen LogP contribution is -2.32. The minimum Gasteiger partial charge on any atom is -0.381 e. The molecule has 0 spiro atoms. The van der Waals surface area contributed by atoms with E-state index < -0.39 is 5.60 Å². The molecule has 0 saturated carbocycles. The van der Waals surface area contributed by atoms with Crippen molar-refractivity contribution in [1.82, 2.24) is 0 Å². The van der Waals surface area contributed by atoms with Gasteiger partial charge in [0.05, 0.1) is 6.61 Å². The number of ether oxygens (including phenoxy) is 1. The van der Waals surface area contributed by atoms with E-state index in [0.29, 0.717) is 0 Å². The van der Waals surface area contributed by atoms with E-state index in [1.165, 1.54) is 5.56 Å². The summed E-state index contributed by atoms with van der Waals surface area (Å²) in [5, 5.41) is 11.0. The topological polar surface area (TPSA) is 29.5 Å². The summed E-state index contributed by atoms with van der Waals surface area (Å²) in [7, 11) is 1.61. The highest BCUT2D eigenvalue weighted by atomic mass is 16.5. The van der Waals surface area contributed by atoms with Crippen LogP contribution >= 0.6 is 0 Å². The van der Waals surface area contributed by atoms with E-state index in [2.05, 4.69) is 19.1 Å². The van der Waals surface area contributed by atoms with Crippen molar-refractivity contribution in [1.29, 1.82) is 0 Å². The maximum Gasteiger partial charge on any atom is 0.138 e. The number of aryl methyl sites for hydroxylation is 1. The van der Waals surface area contributed by atoms with Crippen molar-refractivity contribution in [2.75, 3.05) is 13.7 Å². The molecule has 0 fully saturated rings. The second-order valence-corrected chi connectivity index (χ2v) is 5.11. The van der Waals surface area contributed by atoms with Crippen LogP contribution in [0.15, 0.2) is 54.6 Å². The second-order valence-electron chi connectivity index (χ2n) is 5.11. The van der Waals surface area contributed by atoms with Gasteiger partial charge in [-0.2, -0.15) is 0 Å². The normalized spacial score (nSPS) is 13.9. The van der Waals surface area contributed by atoms with Gasteiger partial charge in [0, 0.05) is 7.11 Å². The van der Waals surface area contributed by atoms with Crippen LogP contribution in [0, 0.1) is 0 Å². The molecule has 0 amide bonds. The number of hydrogen-bond donors (Lipinski definition) is 1. The first-order chi connectivity index (χ1) is 9.70. The molecule has 0 aliphatic heterocycles. The molecule has 0 aromatic heterocycles. The van der Waals surface area contributed by atoms with Crippen molar-refractivity contribution in [3.8, 4) is 0 Å². The number of rotatable bonds is 6. The van der Waals surface area contributed by atoms with Gasteiger partial charge in [-0.3, -0.25) is 0 Å². The Morgan fingerprint density at radius 3 is 2.10 bits per heavy atom. The van der Waals surface area contributed by atoms with Crippen molar-refractivity contribution in [2.24, 2.45) is 0 Å². The Morgan fingerprint density at radius 2 is 1.55 bits per heavy atom. The van der Waals surface area contributed by atoms with Crippen LogP contribution < -0.4 is 0 Å². The van der Waals surface area contributed by atoms with E-state index >= 15 is 0 Å². The van der Waals surface area contributed by atoms with Gasteiger partial charge in [-0.25, -0.2) is 0 Å². The highest BCUT2D eigenvalue weighted by molar-refractivity contribution is 5.37. The zero-order chi connectivity index (χ0) is 14.4. The van der Waals surface area contributed by atoms with Gasteiger partial charge in [0.25, 0.3) is 0 Å². The summed E-state index contributed by atoms with van der Waals surface area (Å²) in [6.07, 6.45) is 2.19. The first-order valence-corrected chi connectivity index (χ1v) is 7.07. The van der Waals surface area contributed by atoms with Crippen molar-refractivity contribution in [2.45, 2.75) is 25.4 Å². The predicted molar refractivity (Wildman–Crippen MR) is 81.8 cm³/mol. The molecule has 2 aromatic rings. The molecular weight excluding hydrogens is 248 g/mol. The number of methoxy groups -OCH3 is 1. The standard InChI is InChI=1S/C18H22O2/c1-3-7-15-10-12-17(13-11-15)18(19,14-20-2)16-8-5-4-6-9-16/h4-6,8-13,19H,3,7,14H2,1-2H3. The molecule has 1 unspecified atom stereocenters. The van der Waals surface area contributed by atoms with Gasteiger partial charge in [0.1, 0.15) is 5.60 Å². The third-order valence-electron chi connectivity index (χ3n) is 3.57. The fourth-order valence-electron chi connectivity index (χ4n) is 2.49. The third-order valence-corrected chi connectivity index (χ3v) is 3.57.